The van der Waals surface area contributed by atoms with Crippen LogP contribution in [0.5, 0.6) is 11.5 Å². The summed E-state index contributed by atoms with van der Waals surface area (Å²) in [6.07, 6.45) is 2.80. The second kappa shape index (κ2) is 5.32. The van der Waals surface area contributed by atoms with Gasteiger partial charge in [-0.2, -0.15) is 0 Å². The zero-order valence-corrected chi connectivity index (χ0v) is 10.9. The van der Waals surface area contributed by atoms with Crippen LogP contribution in [0, 0.1) is 0 Å². The second-order valence-electron chi connectivity index (χ2n) is 4.39. The lowest BCUT2D eigenvalue weighted by Gasteiger charge is -2.40. The van der Waals surface area contributed by atoms with Gasteiger partial charge in [0.15, 0.2) is 0 Å². The zero-order chi connectivity index (χ0) is 13.9. The van der Waals surface area contributed by atoms with Crippen molar-refractivity contribution in [3.05, 3.63) is 35.9 Å². The third-order valence-electron chi connectivity index (χ3n) is 3.21. The van der Waals surface area contributed by atoms with Gasteiger partial charge in [-0.05, 0) is 6.07 Å². The van der Waals surface area contributed by atoms with E-state index in [0.29, 0.717) is 24.7 Å². The quantitative estimate of drug-likeness (QED) is 0.818. The summed E-state index contributed by atoms with van der Waals surface area (Å²) < 4.78 is 15.8. The maximum Gasteiger partial charge on any atom is 0.328 e. The van der Waals surface area contributed by atoms with Gasteiger partial charge in [-0.15, -0.1) is 0 Å². The Hall–Kier alpha value is -2.01. The lowest BCUT2D eigenvalue weighted by atomic mass is 9.77. The Kier molecular flexibility index (Phi) is 3.76. The van der Waals surface area contributed by atoms with Gasteiger partial charge in [-0.3, -0.25) is 0 Å². The molecule has 0 aromatic heterocycles. The van der Waals surface area contributed by atoms with Crippen LogP contribution in [-0.4, -0.2) is 38.5 Å². The molecule has 1 aliphatic heterocycles. The van der Waals surface area contributed by atoms with Gasteiger partial charge in [0.1, 0.15) is 11.5 Å². The molecule has 0 saturated carbocycles. The molecular formula is C14H16O5. The van der Waals surface area contributed by atoms with E-state index in [1.807, 2.05) is 12.1 Å². The molecule has 0 atom stereocenters. The van der Waals surface area contributed by atoms with E-state index in [1.54, 1.807) is 26.4 Å². The van der Waals surface area contributed by atoms with Gasteiger partial charge in [0.2, 0.25) is 0 Å². The average Bonchev–Trinajstić information content (AvgIpc) is 2.37. The van der Waals surface area contributed by atoms with E-state index in [4.69, 9.17) is 19.3 Å². The third kappa shape index (κ3) is 2.56. The van der Waals surface area contributed by atoms with Gasteiger partial charge in [0.05, 0.1) is 32.8 Å². The Labute approximate surface area is 111 Å². The molecule has 0 aliphatic carbocycles. The number of carbonyl (C=O) groups is 1. The molecule has 5 heteroatoms. The molecule has 19 heavy (non-hydrogen) atoms. The Balaban J connectivity index is 2.40. The largest absolute Gasteiger partial charge is 0.497 e. The van der Waals surface area contributed by atoms with E-state index in [9.17, 15) is 4.79 Å². The number of benzene rings is 1. The number of carboxylic acid groups (broad SMARTS) is 1. The highest BCUT2D eigenvalue weighted by atomic mass is 16.5. The predicted octanol–water partition coefficient (Wildman–Crippen LogP) is 1.61. The van der Waals surface area contributed by atoms with Crippen molar-refractivity contribution < 1.29 is 24.1 Å². The number of hydrogen-bond acceptors (Lipinski definition) is 4. The summed E-state index contributed by atoms with van der Waals surface area (Å²) in [7, 11) is 3.16. The maximum absolute atomic E-state index is 10.7. The van der Waals surface area contributed by atoms with E-state index in [-0.39, 0.29) is 0 Å². The maximum atomic E-state index is 10.7. The molecule has 102 valence electrons. The monoisotopic (exact) mass is 264 g/mol. The van der Waals surface area contributed by atoms with Crippen LogP contribution in [0.25, 0.3) is 0 Å². The minimum absolute atomic E-state index is 0.435. The van der Waals surface area contributed by atoms with Crippen molar-refractivity contribution in [2.75, 3.05) is 27.4 Å². The molecule has 1 saturated heterocycles. The Morgan fingerprint density at radius 3 is 2.58 bits per heavy atom. The van der Waals surface area contributed by atoms with Crippen LogP contribution in [0.2, 0.25) is 0 Å². The number of rotatable bonds is 5. The van der Waals surface area contributed by atoms with Crippen molar-refractivity contribution in [1.29, 1.82) is 0 Å². The number of hydrogen-bond donors (Lipinski definition) is 1. The van der Waals surface area contributed by atoms with Crippen LogP contribution in [0.15, 0.2) is 30.4 Å². The third-order valence-corrected chi connectivity index (χ3v) is 3.21. The summed E-state index contributed by atoms with van der Waals surface area (Å²) in [4.78, 5) is 10.7. The summed E-state index contributed by atoms with van der Waals surface area (Å²) in [6, 6.07) is 5.49. The highest BCUT2D eigenvalue weighted by Crippen LogP contribution is 2.40. The minimum atomic E-state index is -0.973. The van der Waals surface area contributed by atoms with Crippen molar-refractivity contribution in [3.63, 3.8) is 0 Å². The Morgan fingerprint density at radius 1 is 1.37 bits per heavy atom. The zero-order valence-electron chi connectivity index (χ0n) is 10.9. The molecule has 0 unspecified atom stereocenters. The fraction of sp³-hybridized carbons (Fsp3) is 0.357. The first-order valence-corrected chi connectivity index (χ1v) is 5.84. The molecule has 0 radical (unpaired) electrons. The van der Waals surface area contributed by atoms with Crippen molar-refractivity contribution in [1.82, 2.24) is 0 Å². The van der Waals surface area contributed by atoms with Gasteiger partial charge in [0.25, 0.3) is 0 Å². The molecule has 1 aromatic rings. The van der Waals surface area contributed by atoms with Crippen molar-refractivity contribution in [2.45, 2.75) is 5.41 Å². The fourth-order valence-corrected chi connectivity index (χ4v) is 2.10. The van der Waals surface area contributed by atoms with E-state index in [0.717, 1.165) is 11.6 Å². The van der Waals surface area contributed by atoms with E-state index in [2.05, 4.69) is 0 Å². The van der Waals surface area contributed by atoms with Crippen LogP contribution >= 0.6 is 0 Å². The minimum Gasteiger partial charge on any atom is -0.497 e. The van der Waals surface area contributed by atoms with Crippen LogP contribution in [0.4, 0.5) is 0 Å². The van der Waals surface area contributed by atoms with E-state index in [1.165, 1.54) is 0 Å². The van der Waals surface area contributed by atoms with Crippen LogP contribution < -0.4 is 9.47 Å². The lowest BCUT2D eigenvalue weighted by Crippen LogP contribution is -2.45. The highest BCUT2D eigenvalue weighted by Gasteiger charge is 2.40. The average molecular weight is 264 g/mol. The topological polar surface area (TPSA) is 65.0 Å². The Bertz CT molecular complexity index is 503. The van der Waals surface area contributed by atoms with Gasteiger partial charge < -0.3 is 19.3 Å². The van der Waals surface area contributed by atoms with Crippen LogP contribution in [0.3, 0.4) is 0 Å². The summed E-state index contributed by atoms with van der Waals surface area (Å²) in [5, 5.41) is 8.77. The SMILES string of the molecule is COc1ccc(C2(/C=C/C(=O)O)COC2)c(OC)c1. The molecule has 0 spiro atoms. The molecule has 0 amide bonds. The lowest BCUT2D eigenvalue weighted by molar-refractivity contribution is -0.131. The standard InChI is InChI=1S/C14H16O5/c1-17-10-3-4-11(12(7-10)18-2)14(8-19-9-14)6-5-13(15)16/h3-7H,8-9H2,1-2H3,(H,15,16)/b6-5+. The number of carboxylic acids is 1. The van der Waals surface area contributed by atoms with Crippen molar-refractivity contribution in [3.8, 4) is 11.5 Å². The van der Waals surface area contributed by atoms with E-state index >= 15 is 0 Å². The molecule has 2 rings (SSSR count). The number of ether oxygens (including phenoxy) is 3. The first-order valence-electron chi connectivity index (χ1n) is 5.84. The van der Waals surface area contributed by atoms with Gasteiger partial charge >= 0.3 is 5.97 Å². The molecular weight excluding hydrogens is 248 g/mol. The summed E-state index contributed by atoms with van der Waals surface area (Å²) in [6.45, 7) is 0.888. The summed E-state index contributed by atoms with van der Waals surface area (Å²) in [5.41, 5.74) is 0.468. The smallest absolute Gasteiger partial charge is 0.328 e. The number of methoxy groups -OCH3 is 2. The molecule has 1 aromatic carbocycles. The molecule has 1 aliphatic rings. The molecule has 0 bridgehead atoms. The normalized spacial score (nSPS) is 16.9. The van der Waals surface area contributed by atoms with E-state index < -0.39 is 11.4 Å². The van der Waals surface area contributed by atoms with Crippen LogP contribution in [-0.2, 0) is 14.9 Å². The number of aliphatic carboxylic acids is 1. The summed E-state index contributed by atoms with van der Waals surface area (Å²) in [5.74, 6) is 0.384. The molecule has 5 nitrogen and oxygen atoms in total. The predicted molar refractivity (Wildman–Crippen MR) is 68.8 cm³/mol. The molecule has 1 heterocycles. The van der Waals surface area contributed by atoms with Crippen molar-refractivity contribution in [2.24, 2.45) is 0 Å². The second-order valence-corrected chi connectivity index (χ2v) is 4.39. The molecule has 1 fully saturated rings. The highest BCUT2D eigenvalue weighted by molar-refractivity contribution is 5.80. The van der Waals surface area contributed by atoms with Gasteiger partial charge in [-0.1, -0.05) is 12.1 Å². The first kappa shape index (κ1) is 13.4. The van der Waals surface area contributed by atoms with Crippen LogP contribution in [0.1, 0.15) is 5.56 Å². The van der Waals surface area contributed by atoms with Crippen molar-refractivity contribution >= 4 is 5.97 Å². The van der Waals surface area contributed by atoms with Gasteiger partial charge in [0, 0.05) is 17.7 Å². The fourth-order valence-electron chi connectivity index (χ4n) is 2.10. The Morgan fingerprint density at radius 2 is 2.11 bits per heavy atom. The summed E-state index contributed by atoms with van der Waals surface area (Å²) >= 11 is 0. The first-order chi connectivity index (χ1) is 9.11. The molecule has 1 N–H and O–H groups in total. The van der Waals surface area contributed by atoms with Gasteiger partial charge in [-0.25, -0.2) is 4.79 Å².